The van der Waals surface area contributed by atoms with E-state index in [0.29, 0.717) is 30.4 Å². The number of nitrogens with zero attached hydrogens (tertiary/aromatic N) is 4. The molecule has 0 spiro atoms. The number of aromatic amines is 2. The number of benzene rings is 4. The number of methoxy groups -OCH3 is 2. The number of carbonyl (C=O) groups excluding carboxylic acids is 5. The number of Topliss-reactive ketones (excluding diaryl/α,β-unsaturated/α-hetero) is 1. The van der Waals surface area contributed by atoms with E-state index in [4.69, 9.17) is 14.2 Å². The number of hydrogen-bond donors (Lipinski definition) is 4. The first-order chi connectivity index (χ1) is 30.4. The maximum Gasteiger partial charge on any atom is 0.407 e. The van der Waals surface area contributed by atoms with Crippen LogP contribution in [0.5, 0.6) is 0 Å². The maximum absolute atomic E-state index is 13.8. The van der Waals surface area contributed by atoms with Crippen molar-refractivity contribution in [3.8, 4) is 33.6 Å². The van der Waals surface area contributed by atoms with Crippen molar-refractivity contribution in [1.29, 1.82) is 0 Å². The summed E-state index contributed by atoms with van der Waals surface area (Å²) >= 11 is 0. The van der Waals surface area contributed by atoms with Gasteiger partial charge in [0.25, 0.3) is 5.91 Å². The van der Waals surface area contributed by atoms with E-state index < -0.39 is 29.9 Å². The number of H-pyrrole nitrogens is 2. The first-order valence-electron chi connectivity index (χ1n) is 20.2. The summed E-state index contributed by atoms with van der Waals surface area (Å²) in [5, 5.41) is 7.07. The number of ketones is 1. The molecule has 1 atom stereocenters. The van der Waals surface area contributed by atoms with Gasteiger partial charge in [-0.2, -0.15) is 0 Å². The fourth-order valence-electron chi connectivity index (χ4n) is 7.31. The molecule has 63 heavy (non-hydrogen) atoms. The zero-order valence-corrected chi connectivity index (χ0v) is 35.3. The first kappa shape index (κ1) is 43.7. The molecule has 0 saturated carbocycles. The molecule has 0 radical (unpaired) electrons. The summed E-state index contributed by atoms with van der Waals surface area (Å²) in [5.41, 5.74) is 5.89. The lowest BCUT2D eigenvalue weighted by molar-refractivity contribution is -0.167. The highest BCUT2D eigenvalue weighted by Crippen LogP contribution is 2.30. The standard InChI is InChI=1S/C46H48N8O9/c1-29(55)25-53(43(57)42(52-45(59)61-4)32-8-6-5-7-9-32)26-39-48-23-38(51-39)36-17-16-34-20-33(14-15-35(34)21-36)30-10-12-31(13-11-30)37-22-47-40(50-37)27-54(28-46(2)62-18-19-63-46)41(56)24-49-44(58)60-3/h5-17,20-23,42H,18-19,24-28H2,1-4H3,(H,47,50)(H,48,51)(H,49,58)(H,52,59)/t42-/m1/s1. The molecule has 4 amide bonds. The average Bonchev–Trinajstić information content (AvgIpc) is 4.08. The Bertz CT molecular complexity index is 2590. The van der Waals surface area contributed by atoms with Gasteiger partial charge in [0, 0.05) is 5.56 Å². The molecule has 4 aromatic carbocycles. The molecule has 0 unspecified atom stereocenters. The summed E-state index contributed by atoms with van der Waals surface area (Å²) in [6.07, 6.45) is 1.92. The van der Waals surface area contributed by atoms with Crippen LogP contribution in [0, 0.1) is 0 Å². The molecule has 0 bridgehead atoms. The molecule has 17 nitrogen and oxygen atoms in total. The van der Waals surface area contributed by atoms with Gasteiger partial charge < -0.3 is 49.3 Å². The van der Waals surface area contributed by atoms with E-state index in [0.717, 1.165) is 44.4 Å². The van der Waals surface area contributed by atoms with Crippen molar-refractivity contribution in [3.63, 3.8) is 0 Å². The van der Waals surface area contributed by atoms with Gasteiger partial charge in [-0.1, -0.05) is 78.9 Å². The second kappa shape index (κ2) is 19.6. The molecule has 7 rings (SSSR count). The summed E-state index contributed by atoms with van der Waals surface area (Å²) < 4.78 is 20.9. The highest BCUT2D eigenvalue weighted by atomic mass is 16.7. The van der Waals surface area contributed by atoms with Gasteiger partial charge in [0.1, 0.15) is 30.0 Å². The molecule has 3 heterocycles. The SMILES string of the molecule is COC(=O)NCC(=O)N(Cc1ncc(-c2ccc(-c3ccc4cc(-c5cnc(CN(CC(C)=O)C(=O)[C@H](NC(=O)OC)c6ccccc6)[nH]5)ccc4c3)cc2)[nH]1)CC1(C)OCCO1. The molecule has 1 saturated heterocycles. The largest absolute Gasteiger partial charge is 0.453 e. The summed E-state index contributed by atoms with van der Waals surface area (Å²) in [7, 11) is 2.45. The first-order valence-corrected chi connectivity index (χ1v) is 20.2. The summed E-state index contributed by atoms with van der Waals surface area (Å²) in [6, 6.07) is 28.1. The third kappa shape index (κ3) is 10.9. The molecule has 1 aliphatic heterocycles. The highest BCUT2D eigenvalue weighted by molar-refractivity contribution is 5.92. The number of nitrogens with one attached hydrogen (secondary N) is 4. The van der Waals surface area contributed by atoms with Crippen LogP contribution in [-0.2, 0) is 46.4 Å². The van der Waals surface area contributed by atoms with Crippen molar-refractivity contribution < 1.29 is 42.9 Å². The molecule has 1 fully saturated rings. The van der Waals surface area contributed by atoms with Crippen LogP contribution in [-0.4, -0.2) is 112 Å². The number of alkyl carbamates (subject to hydrolysis) is 2. The molecule has 4 N–H and O–H groups in total. The Labute approximate surface area is 363 Å². The number of imidazole rings is 2. The number of ether oxygens (including phenoxy) is 4. The fourth-order valence-corrected chi connectivity index (χ4v) is 7.31. The van der Waals surface area contributed by atoms with Gasteiger partial charge in [0.15, 0.2) is 5.79 Å². The molecular formula is C46H48N8O9. The highest BCUT2D eigenvalue weighted by Gasteiger charge is 2.35. The van der Waals surface area contributed by atoms with E-state index in [1.807, 2.05) is 36.4 Å². The quantitative estimate of drug-likeness (QED) is 0.0921. The Balaban J connectivity index is 1.02. The summed E-state index contributed by atoms with van der Waals surface area (Å²) in [4.78, 5) is 81.7. The van der Waals surface area contributed by atoms with Crippen LogP contribution in [0.2, 0.25) is 0 Å². The van der Waals surface area contributed by atoms with Gasteiger partial charge >= 0.3 is 12.2 Å². The average molecular weight is 857 g/mol. The molecular weight excluding hydrogens is 809 g/mol. The monoisotopic (exact) mass is 856 g/mol. The smallest absolute Gasteiger partial charge is 0.407 e. The normalized spacial score (nSPS) is 13.5. The van der Waals surface area contributed by atoms with Crippen LogP contribution >= 0.6 is 0 Å². The lowest BCUT2D eigenvalue weighted by Crippen LogP contribution is -2.47. The topological polar surface area (TPSA) is 210 Å². The number of fused-ring (bicyclic) bond motifs is 1. The number of aromatic nitrogens is 4. The van der Waals surface area contributed by atoms with Crippen LogP contribution in [0.25, 0.3) is 44.4 Å². The van der Waals surface area contributed by atoms with Crippen molar-refractivity contribution >= 4 is 40.6 Å². The third-order valence-corrected chi connectivity index (χ3v) is 10.5. The van der Waals surface area contributed by atoms with Crippen molar-refractivity contribution in [2.75, 3.05) is 47.1 Å². The predicted octanol–water partition coefficient (Wildman–Crippen LogP) is 5.75. The van der Waals surface area contributed by atoms with Gasteiger partial charge in [-0.3, -0.25) is 14.4 Å². The zero-order chi connectivity index (χ0) is 44.5. The lowest BCUT2D eigenvalue weighted by Gasteiger charge is -2.30. The van der Waals surface area contributed by atoms with E-state index in [2.05, 4.69) is 59.6 Å². The maximum atomic E-state index is 13.8. The molecule has 6 aromatic rings. The Hall–Kier alpha value is -7.37. The number of amides is 4. The van der Waals surface area contributed by atoms with Crippen LogP contribution < -0.4 is 10.6 Å². The van der Waals surface area contributed by atoms with Gasteiger partial charge in [-0.15, -0.1) is 0 Å². The second-order valence-electron chi connectivity index (χ2n) is 15.1. The van der Waals surface area contributed by atoms with E-state index in [1.54, 1.807) is 49.6 Å². The van der Waals surface area contributed by atoms with E-state index in [9.17, 15) is 24.0 Å². The number of hydrogen-bond acceptors (Lipinski definition) is 11. The number of rotatable bonds is 16. The van der Waals surface area contributed by atoms with Crippen molar-refractivity contribution in [1.82, 2.24) is 40.4 Å². The van der Waals surface area contributed by atoms with Gasteiger partial charge in [0.2, 0.25) is 5.91 Å². The second-order valence-corrected chi connectivity index (χ2v) is 15.1. The van der Waals surface area contributed by atoms with Crippen molar-refractivity contribution in [2.45, 2.75) is 38.8 Å². The van der Waals surface area contributed by atoms with Gasteiger partial charge in [0.05, 0.1) is 77.4 Å². The van der Waals surface area contributed by atoms with Crippen molar-refractivity contribution in [2.24, 2.45) is 0 Å². The molecule has 2 aromatic heterocycles. The Kier molecular flexibility index (Phi) is 13.6. The minimum atomic E-state index is -1.07. The van der Waals surface area contributed by atoms with E-state index in [-0.39, 0.29) is 44.4 Å². The third-order valence-electron chi connectivity index (χ3n) is 10.5. The Morgan fingerprint density at radius 1 is 0.730 bits per heavy atom. The Morgan fingerprint density at radius 3 is 1.90 bits per heavy atom. The Morgan fingerprint density at radius 2 is 1.29 bits per heavy atom. The molecule has 0 aliphatic carbocycles. The lowest BCUT2D eigenvalue weighted by atomic mass is 9.98. The molecule has 326 valence electrons. The minimum absolute atomic E-state index is 0.00431. The van der Waals surface area contributed by atoms with Gasteiger partial charge in [-0.05, 0) is 59.0 Å². The summed E-state index contributed by atoms with van der Waals surface area (Å²) in [6.45, 7) is 3.84. The van der Waals surface area contributed by atoms with Gasteiger partial charge in [-0.25, -0.2) is 19.6 Å². The van der Waals surface area contributed by atoms with E-state index in [1.165, 1.54) is 30.9 Å². The van der Waals surface area contributed by atoms with Crippen molar-refractivity contribution in [3.05, 3.63) is 121 Å². The molecule has 17 heteroatoms. The fraction of sp³-hybridized carbons (Fsp3) is 0.283. The van der Waals surface area contributed by atoms with Crippen LogP contribution in [0.4, 0.5) is 9.59 Å². The van der Waals surface area contributed by atoms with Crippen LogP contribution in [0.15, 0.2) is 103 Å². The zero-order valence-electron chi connectivity index (χ0n) is 35.3. The predicted molar refractivity (Wildman–Crippen MR) is 232 cm³/mol. The van der Waals surface area contributed by atoms with Crippen LogP contribution in [0.1, 0.15) is 37.1 Å². The molecule has 1 aliphatic rings. The van der Waals surface area contributed by atoms with E-state index >= 15 is 0 Å². The van der Waals surface area contributed by atoms with Crippen LogP contribution in [0.3, 0.4) is 0 Å². The minimum Gasteiger partial charge on any atom is -0.453 e. The number of carbonyl (C=O) groups is 5. The summed E-state index contributed by atoms with van der Waals surface area (Å²) in [5.74, 6) is -1.02.